The van der Waals surface area contributed by atoms with E-state index in [1.807, 2.05) is 19.9 Å². The Kier molecular flexibility index (Phi) is 2.84. The molecular weight excluding hydrogens is 214 g/mol. The first-order chi connectivity index (χ1) is 8.02. The molecule has 1 aromatic carbocycles. The maximum atomic E-state index is 12.1. The highest BCUT2D eigenvalue weighted by Crippen LogP contribution is 2.26. The van der Waals surface area contributed by atoms with E-state index in [-0.39, 0.29) is 11.8 Å². The lowest BCUT2D eigenvalue weighted by Crippen LogP contribution is -2.28. The van der Waals surface area contributed by atoms with Crippen LogP contribution in [0.3, 0.4) is 0 Å². The van der Waals surface area contributed by atoms with E-state index >= 15 is 0 Å². The number of allylic oxidation sites excluding steroid dienone is 2. The van der Waals surface area contributed by atoms with E-state index in [4.69, 9.17) is 0 Å². The highest BCUT2D eigenvalue weighted by atomic mass is 16.2. The van der Waals surface area contributed by atoms with E-state index in [1.54, 1.807) is 31.2 Å². The molecule has 0 aliphatic carbocycles. The van der Waals surface area contributed by atoms with Gasteiger partial charge < -0.3 is 0 Å². The molecule has 0 saturated heterocycles. The highest BCUT2D eigenvalue weighted by molar-refractivity contribution is 6.22. The monoisotopic (exact) mass is 229 g/mol. The molecule has 2 rings (SSSR count). The van der Waals surface area contributed by atoms with Gasteiger partial charge in [0.1, 0.15) is 0 Å². The number of hydrogen-bond acceptors (Lipinski definition) is 2. The minimum atomic E-state index is -0.222. The van der Waals surface area contributed by atoms with E-state index in [0.29, 0.717) is 22.7 Å². The first-order valence-electron chi connectivity index (χ1n) is 5.68. The van der Waals surface area contributed by atoms with Crippen LogP contribution in [0.1, 0.15) is 41.5 Å². The van der Waals surface area contributed by atoms with Crippen LogP contribution in [-0.4, -0.2) is 16.7 Å². The summed E-state index contributed by atoms with van der Waals surface area (Å²) in [4.78, 5) is 25.4. The summed E-state index contributed by atoms with van der Waals surface area (Å²) < 4.78 is 0. The van der Waals surface area contributed by atoms with Crippen LogP contribution < -0.4 is 0 Å². The van der Waals surface area contributed by atoms with Crippen LogP contribution in [0.4, 0.5) is 0 Å². The van der Waals surface area contributed by atoms with Gasteiger partial charge in [-0.15, -0.1) is 0 Å². The maximum Gasteiger partial charge on any atom is 0.265 e. The number of amides is 2. The summed E-state index contributed by atoms with van der Waals surface area (Å²) >= 11 is 0. The number of fused-ring (bicyclic) bond motifs is 1. The van der Waals surface area contributed by atoms with E-state index in [1.165, 1.54) is 4.90 Å². The van der Waals surface area contributed by atoms with Gasteiger partial charge >= 0.3 is 0 Å². The first kappa shape index (κ1) is 11.6. The molecule has 1 aliphatic heterocycles. The Morgan fingerprint density at radius 3 is 2.00 bits per heavy atom. The van der Waals surface area contributed by atoms with Crippen LogP contribution in [-0.2, 0) is 0 Å². The summed E-state index contributed by atoms with van der Waals surface area (Å²) in [5, 5.41) is 0. The number of benzene rings is 1. The molecule has 2 amide bonds. The molecule has 3 heteroatoms. The second kappa shape index (κ2) is 4.17. The predicted octanol–water partition coefficient (Wildman–Crippen LogP) is 2.84. The predicted molar refractivity (Wildman–Crippen MR) is 65.5 cm³/mol. The van der Waals surface area contributed by atoms with Crippen LogP contribution in [0.2, 0.25) is 0 Å². The highest BCUT2D eigenvalue weighted by Gasteiger charge is 2.35. The molecule has 0 N–H and O–H groups in total. The lowest BCUT2D eigenvalue weighted by molar-refractivity contribution is 0.0704. The summed E-state index contributed by atoms with van der Waals surface area (Å²) in [6, 6.07) is 6.93. The fraction of sp³-hybridized carbons (Fsp3) is 0.286. The second-order valence-electron chi connectivity index (χ2n) is 4.54. The Bertz CT molecular complexity index is 480. The number of carbonyl (C=O) groups excluding carboxylic acids is 2. The molecular formula is C14H15NO2. The summed E-state index contributed by atoms with van der Waals surface area (Å²) in [6.07, 6.45) is 1.92. The van der Waals surface area contributed by atoms with Gasteiger partial charge in [0.05, 0.1) is 11.1 Å². The Hall–Kier alpha value is -1.90. The third-order valence-electron chi connectivity index (χ3n) is 2.72. The minimum absolute atomic E-state index is 0.222. The molecule has 0 atom stereocenters. The van der Waals surface area contributed by atoms with Crippen molar-refractivity contribution < 1.29 is 9.59 Å². The topological polar surface area (TPSA) is 37.4 Å². The zero-order chi connectivity index (χ0) is 12.6. The molecule has 1 aliphatic rings. The van der Waals surface area contributed by atoms with Gasteiger partial charge in [0.15, 0.2) is 0 Å². The van der Waals surface area contributed by atoms with E-state index in [0.717, 1.165) is 0 Å². The van der Waals surface area contributed by atoms with Gasteiger partial charge in [0.2, 0.25) is 0 Å². The summed E-state index contributed by atoms with van der Waals surface area (Å²) in [6.45, 7) is 5.82. The second-order valence-corrected chi connectivity index (χ2v) is 4.54. The van der Waals surface area contributed by atoms with Gasteiger partial charge in [-0.2, -0.15) is 0 Å². The molecule has 0 radical (unpaired) electrons. The van der Waals surface area contributed by atoms with Gasteiger partial charge in [-0.1, -0.05) is 32.1 Å². The van der Waals surface area contributed by atoms with Crippen molar-refractivity contribution in [2.75, 3.05) is 0 Å². The van der Waals surface area contributed by atoms with Crippen LogP contribution in [0, 0.1) is 5.92 Å². The van der Waals surface area contributed by atoms with Crippen molar-refractivity contribution in [3.8, 4) is 0 Å². The first-order valence-corrected chi connectivity index (χ1v) is 5.68. The standard InChI is InChI=1S/C14H15NO2/c1-9(2)8-10(3)15-13(16)11-6-4-5-7-12(11)14(15)17/h4-9H,1-3H3/b10-8+. The smallest absolute Gasteiger partial charge is 0.265 e. The van der Waals surface area contributed by atoms with Crippen LogP contribution in [0.5, 0.6) is 0 Å². The third-order valence-corrected chi connectivity index (χ3v) is 2.72. The largest absolute Gasteiger partial charge is 0.268 e. The molecule has 1 aromatic rings. The SMILES string of the molecule is C/C(=C\C(C)C)N1C(=O)c2ccccc2C1=O. The molecule has 17 heavy (non-hydrogen) atoms. The minimum Gasteiger partial charge on any atom is -0.268 e. The van der Waals surface area contributed by atoms with Gasteiger partial charge in [-0.3, -0.25) is 9.59 Å². The zero-order valence-corrected chi connectivity index (χ0v) is 10.2. The molecule has 0 aromatic heterocycles. The fourth-order valence-electron chi connectivity index (χ4n) is 2.07. The Morgan fingerprint density at radius 2 is 1.59 bits per heavy atom. The molecule has 88 valence electrons. The van der Waals surface area contributed by atoms with Gasteiger partial charge in [-0.05, 0) is 25.0 Å². The van der Waals surface area contributed by atoms with E-state index < -0.39 is 0 Å². The van der Waals surface area contributed by atoms with Crippen molar-refractivity contribution in [3.05, 3.63) is 47.2 Å². The molecule has 0 saturated carbocycles. The number of carbonyl (C=O) groups is 2. The third kappa shape index (κ3) is 1.88. The van der Waals surface area contributed by atoms with Gasteiger partial charge in [0, 0.05) is 5.70 Å². The van der Waals surface area contributed by atoms with Crippen molar-refractivity contribution in [1.29, 1.82) is 0 Å². The summed E-state index contributed by atoms with van der Waals surface area (Å²) in [5.74, 6) is -0.140. The average Bonchev–Trinajstić information content (AvgIpc) is 2.51. The summed E-state index contributed by atoms with van der Waals surface area (Å²) in [7, 11) is 0. The Morgan fingerprint density at radius 1 is 1.12 bits per heavy atom. The van der Waals surface area contributed by atoms with Crippen molar-refractivity contribution >= 4 is 11.8 Å². The van der Waals surface area contributed by atoms with Crippen molar-refractivity contribution in [1.82, 2.24) is 4.90 Å². The zero-order valence-electron chi connectivity index (χ0n) is 10.2. The van der Waals surface area contributed by atoms with Crippen molar-refractivity contribution in [2.45, 2.75) is 20.8 Å². The van der Waals surface area contributed by atoms with Crippen LogP contribution in [0.15, 0.2) is 36.0 Å². The van der Waals surface area contributed by atoms with E-state index in [9.17, 15) is 9.59 Å². The average molecular weight is 229 g/mol. The normalized spacial score (nSPS) is 15.8. The lowest BCUT2D eigenvalue weighted by atomic mass is 10.1. The Labute approximate surface area is 101 Å². The summed E-state index contributed by atoms with van der Waals surface area (Å²) in [5.41, 5.74) is 1.69. The number of imide groups is 1. The van der Waals surface area contributed by atoms with Crippen molar-refractivity contribution in [2.24, 2.45) is 5.92 Å². The fourth-order valence-corrected chi connectivity index (χ4v) is 2.07. The van der Waals surface area contributed by atoms with Gasteiger partial charge in [-0.25, -0.2) is 4.90 Å². The molecule has 0 fully saturated rings. The molecule has 0 bridgehead atoms. The molecule has 1 heterocycles. The number of nitrogens with zero attached hydrogens (tertiary/aromatic N) is 1. The van der Waals surface area contributed by atoms with Crippen molar-refractivity contribution in [3.63, 3.8) is 0 Å². The molecule has 0 unspecified atom stereocenters. The van der Waals surface area contributed by atoms with Crippen LogP contribution in [0.25, 0.3) is 0 Å². The maximum absolute atomic E-state index is 12.1. The molecule has 3 nitrogen and oxygen atoms in total. The van der Waals surface area contributed by atoms with E-state index in [2.05, 4.69) is 0 Å². The van der Waals surface area contributed by atoms with Crippen LogP contribution >= 0.6 is 0 Å². The van der Waals surface area contributed by atoms with Gasteiger partial charge in [0.25, 0.3) is 11.8 Å². The number of rotatable bonds is 2. The lowest BCUT2D eigenvalue weighted by Gasteiger charge is -2.15. The Balaban J connectivity index is 2.43. The quantitative estimate of drug-likeness (QED) is 0.731. The number of hydrogen-bond donors (Lipinski definition) is 0. The molecule has 0 spiro atoms.